The molecule has 2 rings (SSSR count). The van der Waals surface area contributed by atoms with Crippen molar-refractivity contribution in [2.45, 2.75) is 32.8 Å². The van der Waals surface area contributed by atoms with Crippen molar-refractivity contribution < 1.29 is 9.47 Å². The number of hydrogen-bond acceptors (Lipinski definition) is 3. The van der Waals surface area contributed by atoms with E-state index < -0.39 is 0 Å². The van der Waals surface area contributed by atoms with Crippen molar-refractivity contribution >= 4 is 29.9 Å². The lowest BCUT2D eigenvalue weighted by Crippen LogP contribution is -2.48. The number of rotatable bonds is 7. The maximum Gasteiger partial charge on any atom is 0.193 e. The number of halogens is 1. The van der Waals surface area contributed by atoms with Gasteiger partial charge in [0, 0.05) is 26.7 Å². The van der Waals surface area contributed by atoms with Crippen LogP contribution in [0.15, 0.2) is 29.3 Å². The summed E-state index contributed by atoms with van der Waals surface area (Å²) < 4.78 is 11.6. The van der Waals surface area contributed by atoms with Crippen LogP contribution in [0.3, 0.4) is 0 Å². The van der Waals surface area contributed by atoms with E-state index in [0.29, 0.717) is 13.2 Å². The lowest BCUT2D eigenvalue weighted by Gasteiger charge is -2.35. The number of hydrogen-bond donors (Lipinski definition) is 1. The highest BCUT2D eigenvalue weighted by atomic mass is 127. The first-order valence-electron chi connectivity index (χ1n) is 8.96. The molecule has 1 aliphatic rings. The molecule has 1 heterocycles. The predicted octanol–water partition coefficient (Wildman–Crippen LogP) is 3.38. The fourth-order valence-corrected chi connectivity index (χ4v) is 2.89. The quantitative estimate of drug-likeness (QED) is 0.293. The van der Waals surface area contributed by atoms with E-state index in [1.165, 1.54) is 17.5 Å². The molecule has 6 heteroatoms. The van der Waals surface area contributed by atoms with Crippen molar-refractivity contribution in [3.05, 3.63) is 35.4 Å². The van der Waals surface area contributed by atoms with E-state index in [9.17, 15) is 0 Å². The highest BCUT2D eigenvalue weighted by Gasteiger charge is 2.24. The summed E-state index contributed by atoms with van der Waals surface area (Å²) in [7, 11) is 1.83. The second-order valence-corrected chi connectivity index (χ2v) is 6.10. The topological polar surface area (TPSA) is 46.1 Å². The maximum atomic E-state index is 5.99. The van der Waals surface area contributed by atoms with Crippen LogP contribution in [0.4, 0.5) is 0 Å². The Labute approximate surface area is 169 Å². The minimum absolute atomic E-state index is 0. The number of nitrogens with one attached hydrogen (secondary N) is 1. The second kappa shape index (κ2) is 12.5. The smallest absolute Gasteiger partial charge is 0.193 e. The van der Waals surface area contributed by atoms with Crippen LogP contribution in [0, 0.1) is 6.92 Å². The Morgan fingerprint density at radius 1 is 1.36 bits per heavy atom. The average Bonchev–Trinajstić information content (AvgIpc) is 2.62. The molecule has 142 valence electrons. The summed E-state index contributed by atoms with van der Waals surface area (Å²) in [6, 6.07) is 8.43. The molecular weight excluding hydrogens is 429 g/mol. The summed E-state index contributed by atoms with van der Waals surface area (Å²) in [5.41, 5.74) is 2.54. The van der Waals surface area contributed by atoms with Gasteiger partial charge in [-0.15, -0.1) is 24.0 Å². The van der Waals surface area contributed by atoms with Crippen LogP contribution >= 0.6 is 24.0 Å². The summed E-state index contributed by atoms with van der Waals surface area (Å²) in [6.45, 7) is 9.04. The first-order valence-corrected chi connectivity index (χ1v) is 8.96. The molecule has 0 aliphatic carbocycles. The second-order valence-electron chi connectivity index (χ2n) is 6.10. The molecule has 1 unspecified atom stereocenters. The molecule has 1 atom stereocenters. The largest absolute Gasteiger partial charge is 0.380 e. The van der Waals surface area contributed by atoms with Gasteiger partial charge in [-0.2, -0.15) is 0 Å². The van der Waals surface area contributed by atoms with Crippen LogP contribution < -0.4 is 5.32 Å². The van der Waals surface area contributed by atoms with Crippen LogP contribution in [-0.2, 0) is 9.47 Å². The third-order valence-electron chi connectivity index (χ3n) is 4.28. The predicted molar refractivity (Wildman–Crippen MR) is 114 cm³/mol. The van der Waals surface area contributed by atoms with Crippen molar-refractivity contribution in [3.63, 3.8) is 0 Å². The van der Waals surface area contributed by atoms with Gasteiger partial charge < -0.3 is 19.7 Å². The Balaban J connectivity index is 0.00000312. The molecule has 25 heavy (non-hydrogen) atoms. The van der Waals surface area contributed by atoms with Crippen molar-refractivity contribution in [1.29, 1.82) is 0 Å². The van der Waals surface area contributed by atoms with Crippen molar-refractivity contribution in [3.8, 4) is 0 Å². The third kappa shape index (κ3) is 7.11. The summed E-state index contributed by atoms with van der Waals surface area (Å²) in [5, 5.41) is 3.40. The zero-order valence-electron chi connectivity index (χ0n) is 15.7. The maximum absolute atomic E-state index is 5.99. The molecule has 1 saturated heterocycles. The first-order chi connectivity index (χ1) is 11.8. The Kier molecular flexibility index (Phi) is 11.1. The minimum atomic E-state index is 0. The van der Waals surface area contributed by atoms with Crippen molar-refractivity contribution in [2.75, 3.05) is 46.5 Å². The molecule has 1 fully saturated rings. The molecule has 0 amide bonds. The van der Waals surface area contributed by atoms with E-state index in [4.69, 9.17) is 9.47 Å². The number of aliphatic imine (C=N–C) groups is 1. The zero-order chi connectivity index (χ0) is 17.2. The summed E-state index contributed by atoms with van der Waals surface area (Å²) in [4.78, 5) is 6.69. The van der Waals surface area contributed by atoms with Gasteiger partial charge in [-0.3, -0.25) is 4.99 Å². The van der Waals surface area contributed by atoms with Crippen LogP contribution in [0.25, 0.3) is 0 Å². The van der Waals surface area contributed by atoms with Gasteiger partial charge in [0.15, 0.2) is 5.96 Å². The number of benzene rings is 1. The normalized spacial score (nSPS) is 18.0. The van der Waals surface area contributed by atoms with E-state index in [2.05, 4.69) is 53.3 Å². The lowest BCUT2D eigenvalue weighted by molar-refractivity contribution is -0.00843. The Morgan fingerprint density at radius 2 is 2.16 bits per heavy atom. The Morgan fingerprint density at radius 3 is 2.88 bits per heavy atom. The lowest BCUT2D eigenvalue weighted by atomic mass is 10.0. The molecule has 1 N–H and O–H groups in total. The van der Waals surface area contributed by atoms with Crippen LogP contribution in [-0.4, -0.2) is 57.4 Å². The summed E-state index contributed by atoms with van der Waals surface area (Å²) >= 11 is 0. The minimum Gasteiger partial charge on any atom is -0.380 e. The van der Waals surface area contributed by atoms with Gasteiger partial charge in [0.25, 0.3) is 0 Å². The van der Waals surface area contributed by atoms with Gasteiger partial charge in [0.2, 0.25) is 0 Å². The average molecular weight is 461 g/mol. The highest BCUT2D eigenvalue weighted by Crippen LogP contribution is 2.24. The van der Waals surface area contributed by atoms with E-state index in [1.54, 1.807) is 0 Å². The van der Waals surface area contributed by atoms with Crippen LogP contribution in [0.2, 0.25) is 0 Å². The van der Waals surface area contributed by atoms with Gasteiger partial charge >= 0.3 is 0 Å². The molecule has 0 radical (unpaired) electrons. The molecule has 0 bridgehead atoms. The van der Waals surface area contributed by atoms with Gasteiger partial charge in [-0.25, -0.2) is 0 Å². The number of ether oxygens (including phenoxy) is 2. The molecule has 1 aromatic rings. The Hall–Kier alpha value is -0.860. The first kappa shape index (κ1) is 22.2. The van der Waals surface area contributed by atoms with E-state index in [-0.39, 0.29) is 30.1 Å². The fourth-order valence-electron chi connectivity index (χ4n) is 2.89. The number of guanidine groups is 1. The SMILES string of the molecule is CCCCOCCNC(=NC)N1CCOC(c2ccccc2C)C1.I. The van der Waals surface area contributed by atoms with Crippen molar-refractivity contribution in [1.82, 2.24) is 10.2 Å². The summed E-state index contributed by atoms with van der Waals surface area (Å²) in [6.07, 6.45) is 2.39. The molecule has 1 aromatic carbocycles. The molecule has 0 saturated carbocycles. The molecule has 0 aromatic heterocycles. The molecule has 5 nitrogen and oxygen atoms in total. The number of aryl methyl sites for hydroxylation is 1. The van der Waals surface area contributed by atoms with Gasteiger partial charge in [0.05, 0.1) is 19.8 Å². The molecular formula is C19H32IN3O2. The van der Waals surface area contributed by atoms with E-state index >= 15 is 0 Å². The van der Waals surface area contributed by atoms with Crippen molar-refractivity contribution in [2.24, 2.45) is 4.99 Å². The Bertz CT molecular complexity index is 525. The van der Waals surface area contributed by atoms with Gasteiger partial charge in [-0.05, 0) is 24.5 Å². The summed E-state index contributed by atoms with van der Waals surface area (Å²) in [5.74, 6) is 0.927. The standard InChI is InChI=1S/C19H31N3O2.HI/c1-4-5-12-23-13-10-21-19(20-3)22-11-14-24-18(15-22)17-9-7-6-8-16(17)2;/h6-9,18H,4-5,10-15H2,1-3H3,(H,20,21);1H. The number of unbranched alkanes of at least 4 members (excludes halogenated alkanes) is 1. The number of nitrogens with zero attached hydrogens (tertiary/aromatic N) is 2. The molecule has 1 aliphatic heterocycles. The zero-order valence-corrected chi connectivity index (χ0v) is 18.0. The van der Waals surface area contributed by atoms with E-state index in [1.807, 2.05) is 7.05 Å². The number of morpholine rings is 1. The third-order valence-corrected chi connectivity index (χ3v) is 4.28. The van der Waals surface area contributed by atoms with Gasteiger partial charge in [-0.1, -0.05) is 37.6 Å². The van der Waals surface area contributed by atoms with Crippen LogP contribution in [0.1, 0.15) is 37.0 Å². The van der Waals surface area contributed by atoms with E-state index in [0.717, 1.165) is 38.6 Å². The highest BCUT2D eigenvalue weighted by molar-refractivity contribution is 14.0. The van der Waals surface area contributed by atoms with Crippen LogP contribution in [0.5, 0.6) is 0 Å². The van der Waals surface area contributed by atoms with Gasteiger partial charge in [0.1, 0.15) is 6.10 Å². The monoisotopic (exact) mass is 461 g/mol. The molecule has 0 spiro atoms. The fraction of sp³-hybridized carbons (Fsp3) is 0.632.